The normalized spacial score (nSPS) is 23.2. The minimum absolute atomic E-state index is 0.0213. The Morgan fingerprint density at radius 3 is 2.24 bits per heavy atom. The summed E-state index contributed by atoms with van der Waals surface area (Å²) in [5.41, 5.74) is -1.65. The molecular formula is C17H10BrCl3F3N. The minimum atomic E-state index is -4.54. The van der Waals surface area contributed by atoms with Crippen LogP contribution in [0.1, 0.15) is 23.6 Å². The number of rotatable bonds is 2. The Morgan fingerprint density at radius 1 is 1.04 bits per heavy atom. The van der Waals surface area contributed by atoms with Gasteiger partial charge < -0.3 is 0 Å². The van der Waals surface area contributed by atoms with E-state index >= 15 is 0 Å². The van der Waals surface area contributed by atoms with Gasteiger partial charge in [-0.1, -0.05) is 40.9 Å². The van der Waals surface area contributed by atoms with E-state index in [0.29, 0.717) is 15.1 Å². The van der Waals surface area contributed by atoms with Crippen LogP contribution in [0.3, 0.4) is 0 Å². The lowest BCUT2D eigenvalue weighted by Crippen LogP contribution is -2.42. The molecule has 0 spiro atoms. The van der Waals surface area contributed by atoms with E-state index in [4.69, 9.17) is 34.8 Å². The van der Waals surface area contributed by atoms with Crippen LogP contribution in [0, 0.1) is 0 Å². The predicted octanol–water partition coefficient (Wildman–Crippen LogP) is 7.43. The molecule has 132 valence electrons. The quantitative estimate of drug-likeness (QED) is 0.432. The molecule has 2 aromatic rings. The van der Waals surface area contributed by atoms with E-state index in [1.807, 2.05) is 0 Å². The van der Waals surface area contributed by atoms with Gasteiger partial charge in [-0.15, -0.1) is 0 Å². The van der Waals surface area contributed by atoms with Crippen LogP contribution in [0.5, 0.6) is 0 Å². The summed E-state index contributed by atoms with van der Waals surface area (Å²) in [5.74, 6) is 0. The van der Waals surface area contributed by atoms with Gasteiger partial charge >= 0.3 is 6.18 Å². The Hall–Kier alpha value is -0.750. The third-order valence-corrected chi connectivity index (χ3v) is 5.87. The Labute approximate surface area is 165 Å². The SMILES string of the molecule is FC(F)(F)C1(c2cc(Cl)cc(Cl)c2)C=NC(c2ccc(Br)c(Cl)c2)C1. The van der Waals surface area contributed by atoms with Gasteiger partial charge in [0, 0.05) is 20.7 Å². The topological polar surface area (TPSA) is 12.4 Å². The number of hydrogen-bond acceptors (Lipinski definition) is 1. The van der Waals surface area contributed by atoms with Crippen molar-refractivity contribution < 1.29 is 13.2 Å². The van der Waals surface area contributed by atoms with Gasteiger partial charge in [-0.05, 0) is 63.8 Å². The molecule has 0 amide bonds. The average Bonchev–Trinajstić information content (AvgIpc) is 2.95. The molecule has 2 aromatic carbocycles. The van der Waals surface area contributed by atoms with Gasteiger partial charge in [0.1, 0.15) is 5.41 Å². The Balaban J connectivity index is 2.05. The molecule has 0 saturated carbocycles. The zero-order valence-electron chi connectivity index (χ0n) is 12.4. The Kier molecular flexibility index (Phi) is 5.15. The Bertz CT molecular complexity index is 833. The molecule has 1 nitrogen and oxygen atoms in total. The second kappa shape index (κ2) is 6.76. The van der Waals surface area contributed by atoms with E-state index in [1.54, 1.807) is 18.2 Å². The third kappa shape index (κ3) is 3.57. The highest BCUT2D eigenvalue weighted by molar-refractivity contribution is 9.10. The molecule has 0 N–H and O–H groups in total. The molecule has 1 aliphatic rings. The molecule has 1 heterocycles. The minimum Gasteiger partial charge on any atom is -0.288 e. The van der Waals surface area contributed by atoms with E-state index < -0.39 is 17.6 Å². The number of halogens is 7. The van der Waals surface area contributed by atoms with Gasteiger partial charge in [-0.3, -0.25) is 4.99 Å². The van der Waals surface area contributed by atoms with E-state index in [0.717, 1.165) is 6.21 Å². The van der Waals surface area contributed by atoms with Crippen LogP contribution in [0.4, 0.5) is 13.2 Å². The van der Waals surface area contributed by atoms with Crippen molar-refractivity contribution in [2.45, 2.75) is 24.1 Å². The highest BCUT2D eigenvalue weighted by Gasteiger charge is 2.58. The highest BCUT2D eigenvalue weighted by Crippen LogP contribution is 2.51. The summed E-state index contributed by atoms with van der Waals surface area (Å²) in [6, 6.07) is 8.31. The van der Waals surface area contributed by atoms with Gasteiger partial charge in [-0.2, -0.15) is 13.2 Å². The second-order valence-corrected chi connectivity index (χ2v) is 7.93. The lowest BCUT2D eigenvalue weighted by atomic mass is 9.77. The monoisotopic (exact) mass is 469 g/mol. The number of nitrogens with zero attached hydrogens (tertiary/aromatic N) is 1. The van der Waals surface area contributed by atoms with Crippen LogP contribution in [-0.4, -0.2) is 12.4 Å². The first kappa shape index (κ1) is 19.0. The van der Waals surface area contributed by atoms with Crippen LogP contribution in [0.25, 0.3) is 0 Å². The molecule has 8 heteroatoms. The molecule has 0 fully saturated rings. The first-order valence-corrected chi connectivity index (χ1v) is 9.08. The predicted molar refractivity (Wildman–Crippen MR) is 99.2 cm³/mol. The van der Waals surface area contributed by atoms with Crippen molar-refractivity contribution in [3.05, 3.63) is 67.1 Å². The third-order valence-electron chi connectivity index (χ3n) is 4.20. The summed E-state index contributed by atoms with van der Waals surface area (Å²) >= 11 is 21.1. The summed E-state index contributed by atoms with van der Waals surface area (Å²) < 4.78 is 42.6. The smallest absolute Gasteiger partial charge is 0.288 e. The fourth-order valence-corrected chi connectivity index (χ4v) is 3.87. The first-order chi connectivity index (χ1) is 11.6. The van der Waals surface area contributed by atoms with Crippen molar-refractivity contribution in [1.29, 1.82) is 0 Å². The maximum absolute atomic E-state index is 14.0. The standard InChI is InChI=1S/C17H10BrCl3F3N/c18-13-2-1-9(3-14(13)21)15-7-16(8-25-15,17(22,23)24)10-4-11(19)6-12(20)5-10/h1-6,8,15H,7H2. The van der Waals surface area contributed by atoms with Crippen LogP contribution < -0.4 is 0 Å². The molecule has 2 unspecified atom stereocenters. The molecule has 0 aromatic heterocycles. The molecule has 3 rings (SSSR count). The largest absolute Gasteiger partial charge is 0.403 e. The lowest BCUT2D eigenvalue weighted by molar-refractivity contribution is -0.168. The maximum Gasteiger partial charge on any atom is 0.403 e. The Morgan fingerprint density at radius 2 is 1.68 bits per heavy atom. The van der Waals surface area contributed by atoms with Crippen LogP contribution in [0.2, 0.25) is 15.1 Å². The lowest BCUT2D eigenvalue weighted by Gasteiger charge is -2.30. The number of benzene rings is 2. The molecule has 0 bridgehead atoms. The molecule has 0 aliphatic carbocycles. The van der Waals surface area contributed by atoms with Crippen LogP contribution >= 0.6 is 50.7 Å². The van der Waals surface area contributed by atoms with E-state index in [-0.39, 0.29) is 22.0 Å². The zero-order valence-corrected chi connectivity index (χ0v) is 16.3. The number of aliphatic imine (C=N–C) groups is 1. The van der Waals surface area contributed by atoms with Crippen molar-refractivity contribution in [2.75, 3.05) is 0 Å². The van der Waals surface area contributed by atoms with Crippen molar-refractivity contribution in [2.24, 2.45) is 4.99 Å². The van der Waals surface area contributed by atoms with Crippen molar-refractivity contribution in [3.8, 4) is 0 Å². The van der Waals surface area contributed by atoms with Crippen molar-refractivity contribution in [1.82, 2.24) is 0 Å². The number of hydrogen-bond donors (Lipinski definition) is 0. The molecule has 0 saturated heterocycles. The number of alkyl halides is 3. The van der Waals surface area contributed by atoms with E-state index in [9.17, 15) is 13.2 Å². The van der Waals surface area contributed by atoms with Gasteiger partial charge in [0.2, 0.25) is 0 Å². The average molecular weight is 472 g/mol. The summed E-state index contributed by atoms with van der Waals surface area (Å²) in [6.07, 6.45) is -3.86. The molecule has 0 radical (unpaired) electrons. The fraction of sp³-hybridized carbons (Fsp3) is 0.235. The van der Waals surface area contributed by atoms with Gasteiger partial charge in [0.15, 0.2) is 0 Å². The van der Waals surface area contributed by atoms with E-state index in [2.05, 4.69) is 20.9 Å². The second-order valence-electron chi connectivity index (χ2n) is 5.80. The van der Waals surface area contributed by atoms with Crippen molar-refractivity contribution >= 4 is 56.9 Å². The summed E-state index contributed by atoms with van der Waals surface area (Å²) in [6.45, 7) is 0. The summed E-state index contributed by atoms with van der Waals surface area (Å²) in [7, 11) is 0. The molecule has 2 atom stereocenters. The first-order valence-electron chi connectivity index (χ1n) is 7.15. The molecule has 1 aliphatic heterocycles. The van der Waals surface area contributed by atoms with E-state index in [1.165, 1.54) is 18.2 Å². The van der Waals surface area contributed by atoms with Gasteiger partial charge in [0.05, 0.1) is 11.1 Å². The molecular weight excluding hydrogens is 461 g/mol. The summed E-state index contributed by atoms with van der Waals surface area (Å²) in [4.78, 5) is 4.13. The summed E-state index contributed by atoms with van der Waals surface area (Å²) in [5, 5.41) is 0.715. The maximum atomic E-state index is 14.0. The zero-order chi connectivity index (χ0) is 18.4. The van der Waals surface area contributed by atoms with Crippen molar-refractivity contribution in [3.63, 3.8) is 0 Å². The van der Waals surface area contributed by atoms with Crippen LogP contribution in [-0.2, 0) is 5.41 Å². The molecule has 25 heavy (non-hydrogen) atoms. The van der Waals surface area contributed by atoms with Gasteiger partial charge in [0.25, 0.3) is 0 Å². The fourth-order valence-electron chi connectivity index (χ4n) is 2.91. The van der Waals surface area contributed by atoms with Gasteiger partial charge in [-0.25, -0.2) is 0 Å². The highest BCUT2D eigenvalue weighted by atomic mass is 79.9. The van der Waals surface area contributed by atoms with Crippen LogP contribution in [0.15, 0.2) is 45.9 Å².